The number of amides is 1. The fourth-order valence-electron chi connectivity index (χ4n) is 2.85. The first kappa shape index (κ1) is 21.1. The molecule has 1 aromatic carbocycles. The highest BCUT2D eigenvalue weighted by molar-refractivity contribution is 6.32. The Morgan fingerprint density at radius 3 is 2.48 bits per heavy atom. The van der Waals surface area contributed by atoms with E-state index in [0.717, 1.165) is 0 Å². The molecule has 0 aromatic heterocycles. The van der Waals surface area contributed by atoms with Gasteiger partial charge in [-0.15, -0.1) is 0 Å². The molecule has 0 spiro atoms. The molecule has 1 saturated heterocycles. The Kier molecular flexibility index (Phi) is 7.50. The van der Waals surface area contributed by atoms with Crippen molar-refractivity contribution in [2.75, 3.05) is 33.9 Å². The highest BCUT2D eigenvalue weighted by atomic mass is 35.5. The standard InChI is InChI=1S/C19H24ClNO6/c1-12-9-21(10-13(2)27-12)17(22)11-26-18(23)6-5-14-7-15(20)19(25-4)16(8-14)24-3/h5-8,12-13H,9-11H2,1-4H3/b6-5+/t12-,13-/m0/s1. The van der Waals surface area contributed by atoms with Crippen LogP contribution < -0.4 is 9.47 Å². The van der Waals surface area contributed by atoms with Crippen LogP contribution in [-0.4, -0.2) is 62.9 Å². The summed E-state index contributed by atoms with van der Waals surface area (Å²) in [6.45, 7) is 4.47. The van der Waals surface area contributed by atoms with Gasteiger partial charge >= 0.3 is 5.97 Å². The van der Waals surface area contributed by atoms with Crippen molar-refractivity contribution in [1.82, 2.24) is 4.90 Å². The maximum atomic E-state index is 12.2. The summed E-state index contributed by atoms with van der Waals surface area (Å²) in [5.41, 5.74) is 0.636. The minimum Gasteiger partial charge on any atom is -0.493 e. The molecule has 0 N–H and O–H groups in total. The van der Waals surface area contributed by atoms with Crippen LogP contribution >= 0.6 is 11.6 Å². The molecule has 1 aromatic rings. The minimum atomic E-state index is -0.622. The predicted octanol–water partition coefficient (Wildman–Crippen LogP) is 2.55. The van der Waals surface area contributed by atoms with E-state index in [0.29, 0.717) is 35.2 Å². The van der Waals surface area contributed by atoms with Crippen LogP contribution in [-0.2, 0) is 19.1 Å². The van der Waals surface area contributed by atoms with E-state index in [4.69, 9.17) is 30.5 Å². The molecule has 27 heavy (non-hydrogen) atoms. The Morgan fingerprint density at radius 2 is 1.89 bits per heavy atom. The third-order valence-electron chi connectivity index (χ3n) is 3.98. The molecule has 2 atom stereocenters. The van der Waals surface area contributed by atoms with Gasteiger partial charge in [0.1, 0.15) is 0 Å². The normalized spacial score (nSPS) is 19.8. The van der Waals surface area contributed by atoms with Crippen molar-refractivity contribution < 1.29 is 28.5 Å². The van der Waals surface area contributed by atoms with Crippen molar-refractivity contribution in [3.05, 3.63) is 28.8 Å². The van der Waals surface area contributed by atoms with Crippen LogP contribution in [0.2, 0.25) is 5.02 Å². The summed E-state index contributed by atoms with van der Waals surface area (Å²) in [6, 6.07) is 3.31. The van der Waals surface area contributed by atoms with Gasteiger partial charge in [0.15, 0.2) is 18.1 Å². The molecular weight excluding hydrogens is 374 g/mol. The van der Waals surface area contributed by atoms with E-state index >= 15 is 0 Å². The molecule has 7 nitrogen and oxygen atoms in total. The number of hydrogen-bond acceptors (Lipinski definition) is 6. The molecule has 1 heterocycles. The van der Waals surface area contributed by atoms with E-state index in [9.17, 15) is 9.59 Å². The van der Waals surface area contributed by atoms with Gasteiger partial charge in [0.05, 0.1) is 31.5 Å². The summed E-state index contributed by atoms with van der Waals surface area (Å²) in [6.07, 6.45) is 2.68. The van der Waals surface area contributed by atoms with E-state index in [2.05, 4.69) is 0 Å². The molecule has 1 aliphatic rings. The summed E-state index contributed by atoms with van der Waals surface area (Å²) >= 11 is 6.13. The average molecular weight is 398 g/mol. The van der Waals surface area contributed by atoms with E-state index in [1.807, 2.05) is 13.8 Å². The fraction of sp³-hybridized carbons (Fsp3) is 0.474. The highest BCUT2D eigenvalue weighted by Gasteiger charge is 2.26. The maximum absolute atomic E-state index is 12.2. The van der Waals surface area contributed by atoms with Crippen LogP contribution in [0, 0.1) is 0 Å². The first-order valence-electron chi connectivity index (χ1n) is 8.53. The molecule has 0 aliphatic carbocycles. The van der Waals surface area contributed by atoms with Crippen molar-refractivity contribution in [3.8, 4) is 11.5 Å². The molecule has 148 valence electrons. The van der Waals surface area contributed by atoms with Gasteiger partial charge in [-0.05, 0) is 37.6 Å². The zero-order valence-corrected chi connectivity index (χ0v) is 16.6. The summed E-state index contributed by atoms with van der Waals surface area (Å²) in [5.74, 6) is -0.00117. The van der Waals surface area contributed by atoms with Crippen molar-refractivity contribution >= 4 is 29.6 Å². The van der Waals surface area contributed by atoms with Crippen LogP contribution in [0.4, 0.5) is 0 Å². The predicted molar refractivity (Wildman–Crippen MR) is 101 cm³/mol. The van der Waals surface area contributed by atoms with Crippen LogP contribution in [0.25, 0.3) is 6.08 Å². The number of esters is 1. The molecule has 1 amide bonds. The molecule has 1 fully saturated rings. The zero-order chi connectivity index (χ0) is 20.0. The molecule has 0 radical (unpaired) electrons. The Labute approximate surface area is 163 Å². The second-order valence-electron chi connectivity index (χ2n) is 6.24. The van der Waals surface area contributed by atoms with Crippen LogP contribution in [0.1, 0.15) is 19.4 Å². The number of rotatable bonds is 6. The second kappa shape index (κ2) is 9.62. The Balaban J connectivity index is 1.92. The van der Waals surface area contributed by atoms with Crippen LogP contribution in [0.15, 0.2) is 18.2 Å². The van der Waals surface area contributed by atoms with Gasteiger partial charge in [-0.2, -0.15) is 0 Å². The van der Waals surface area contributed by atoms with E-state index in [1.54, 1.807) is 17.0 Å². The summed E-state index contributed by atoms with van der Waals surface area (Å²) in [7, 11) is 2.98. The quantitative estimate of drug-likeness (QED) is 0.542. The monoisotopic (exact) mass is 397 g/mol. The third-order valence-corrected chi connectivity index (χ3v) is 4.26. The first-order valence-corrected chi connectivity index (χ1v) is 8.91. The largest absolute Gasteiger partial charge is 0.493 e. The number of nitrogens with zero attached hydrogens (tertiary/aromatic N) is 1. The van der Waals surface area contributed by atoms with Gasteiger partial charge in [-0.3, -0.25) is 4.79 Å². The number of carbonyl (C=O) groups is 2. The van der Waals surface area contributed by atoms with Gasteiger partial charge in [0.2, 0.25) is 0 Å². The lowest BCUT2D eigenvalue weighted by Gasteiger charge is -2.35. The Bertz CT molecular complexity index is 710. The van der Waals surface area contributed by atoms with E-state index in [-0.39, 0.29) is 24.7 Å². The maximum Gasteiger partial charge on any atom is 0.331 e. The van der Waals surface area contributed by atoms with Crippen molar-refractivity contribution in [2.45, 2.75) is 26.1 Å². The summed E-state index contributed by atoms with van der Waals surface area (Å²) in [4.78, 5) is 25.7. The average Bonchev–Trinajstić information content (AvgIpc) is 2.62. The van der Waals surface area contributed by atoms with Gasteiger partial charge in [0.25, 0.3) is 5.91 Å². The lowest BCUT2D eigenvalue weighted by Crippen LogP contribution is -2.49. The Morgan fingerprint density at radius 1 is 1.22 bits per heavy atom. The molecule has 0 bridgehead atoms. The highest BCUT2D eigenvalue weighted by Crippen LogP contribution is 2.36. The summed E-state index contributed by atoms with van der Waals surface area (Å²) < 4.78 is 21.0. The molecular formula is C19H24ClNO6. The summed E-state index contributed by atoms with van der Waals surface area (Å²) in [5, 5.41) is 0.357. The lowest BCUT2D eigenvalue weighted by molar-refractivity contribution is -0.154. The number of morpholine rings is 1. The topological polar surface area (TPSA) is 74.3 Å². The molecule has 1 aliphatic heterocycles. The van der Waals surface area contributed by atoms with E-state index < -0.39 is 5.97 Å². The first-order chi connectivity index (χ1) is 12.8. The van der Waals surface area contributed by atoms with Crippen LogP contribution in [0.5, 0.6) is 11.5 Å². The molecule has 2 rings (SSSR count). The molecule has 0 unspecified atom stereocenters. The second-order valence-corrected chi connectivity index (χ2v) is 6.64. The van der Waals surface area contributed by atoms with Crippen molar-refractivity contribution in [2.24, 2.45) is 0 Å². The molecule has 8 heteroatoms. The van der Waals surface area contributed by atoms with E-state index in [1.165, 1.54) is 26.4 Å². The van der Waals surface area contributed by atoms with Crippen molar-refractivity contribution in [3.63, 3.8) is 0 Å². The molecule has 0 saturated carbocycles. The minimum absolute atomic E-state index is 0.0388. The smallest absolute Gasteiger partial charge is 0.331 e. The Hall–Kier alpha value is -2.25. The number of methoxy groups -OCH3 is 2. The van der Waals surface area contributed by atoms with Crippen molar-refractivity contribution in [1.29, 1.82) is 0 Å². The number of benzene rings is 1. The SMILES string of the molecule is COc1cc(/C=C/C(=O)OCC(=O)N2C[C@H](C)O[C@@H](C)C2)cc(Cl)c1OC. The van der Waals surface area contributed by atoms with Gasteiger partial charge in [-0.1, -0.05) is 11.6 Å². The van der Waals surface area contributed by atoms with Gasteiger partial charge in [-0.25, -0.2) is 4.79 Å². The zero-order valence-electron chi connectivity index (χ0n) is 15.9. The number of carbonyl (C=O) groups excluding carboxylic acids is 2. The fourth-order valence-corrected chi connectivity index (χ4v) is 3.15. The lowest BCUT2D eigenvalue weighted by atomic mass is 10.2. The van der Waals surface area contributed by atoms with Gasteiger partial charge in [0, 0.05) is 19.2 Å². The number of ether oxygens (including phenoxy) is 4. The third kappa shape index (κ3) is 5.87. The number of hydrogen-bond donors (Lipinski definition) is 0. The van der Waals surface area contributed by atoms with Crippen LogP contribution in [0.3, 0.4) is 0 Å². The number of halogens is 1. The van der Waals surface area contributed by atoms with Gasteiger partial charge < -0.3 is 23.8 Å².